The number of hydrogen-bond acceptors (Lipinski definition) is 1. The van der Waals surface area contributed by atoms with Crippen LogP contribution in [0.1, 0.15) is 13.3 Å². The van der Waals surface area contributed by atoms with E-state index in [1.54, 1.807) is 0 Å². The van der Waals surface area contributed by atoms with Gasteiger partial charge in [0.25, 0.3) is 0 Å². The predicted molar refractivity (Wildman–Crippen MR) is 38.2 cm³/mol. The van der Waals surface area contributed by atoms with Crippen molar-refractivity contribution in [3.05, 3.63) is 24.4 Å². The van der Waals surface area contributed by atoms with Crippen molar-refractivity contribution in [3.63, 3.8) is 0 Å². The highest BCUT2D eigenvalue weighted by Gasteiger charge is 1.81. The van der Waals surface area contributed by atoms with Crippen molar-refractivity contribution in [2.45, 2.75) is 13.3 Å². The van der Waals surface area contributed by atoms with E-state index in [1.807, 2.05) is 6.92 Å². The third kappa shape index (κ3) is 5.15. The summed E-state index contributed by atoms with van der Waals surface area (Å²) in [6.45, 7) is 1.88. The Bertz CT molecular complexity index is 159. The first kappa shape index (κ1) is 9.01. The van der Waals surface area contributed by atoms with Crippen LogP contribution in [0.25, 0.3) is 0 Å². The van der Waals surface area contributed by atoms with Gasteiger partial charge in [-0.25, -0.2) is 8.78 Å². The fraction of sp³-hybridized carbons (Fsp3) is 0.286. The molecule has 0 heterocycles. The number of halogens is 2. The summed E-state index contributed by atoms with van der Waals surface area (Å²) in [5.41, 5.74) is 0. The average Bonchev–Trinajstić information content (AvgIpc) is 1.89. The van der Waals surface area contributed by atoms with E-state index in [0.717, 1.165) is 12.6 Å². The van der Waals surface area contributed by atoms with E-state index in [9.17, 15) is 8.78 Å². The minimum Gasteiger partial charge on any atom is -0.266 e. The second-order valence-corrected chi connectivity index (χ2v) is 1.55. The normalized spacial score (nSPS) is 13.7. The molecule has 0 radical (unpaired) electrons. The molecule has 0 amide bonds. The molecule has 1 nitrogen and oxygen atoms in total. The molecular formula is C7H9F2N. The number of allylic oxidation sites excluding steroid dienone is 2. The van der Waals surface area contributed by atoms with Gasteiger partial charge in [-0.05, 0) is 6.42 Å². The average molecular weight is 145 g/mol. The Balaban J connectivity index is 3.79. The summed E-state index contributed by atoms with van der Waals surface area (Å²) >= 11 is 0. The standard InChI is InChI=1S/C7H9F2N/c1-2-5-10-6-7(9)3-4-8/h3-6H,2H2,1H3/b4-3+,7-6+,10-5+. The lowest BCUT2D eigenvalue weighted by Gasteiger charge is -1.79. The smallest absolute Gasteiger partial charge is 0.143 e. The first-order valence-corrected chi connectivity index (χ1v) is 2.95. The SMILES string of the molecule is CC/C=N/C=C(F)\C=C\F. The molecule has 10 heavy (non-hydrogen) atoms. The maximum atomic E-state index is 12.1. The van der Waals surface area contributed by atoms with Gasteiger partial charge in [-0.15, -0.1) is 0 Å². The maximum Gasteiger partial charge on any atom is 0.143 e. The van der Waals surface area contributed by atoms with E-state index in [0.29, 0.717) is 6.08 Å². The number of rotatable bonds is 3. The van der Waals surface area contributed by atoms with Gasteiger partial charge in [-0.1, -0.05) is 6.92 Å². The molecular weight excluding hydrogens is 136 g/mol. The van der Waals surface area contributed by atoms with Crippen LogP contribution in [0.3, 0.4) is 0 Å². The van der Waals surface area contributed by atoms with Gasteiger partial charge in [0.15, 0.2) is 0 Å². The predicted octanol–water partition coefficient (Wildman–Crippen LogP) is 2.76. The topological polar surface area (TPSA) is 12.4 Å². The summed E-state index contributed by atoms with van der Waals surface area (Å²) in [4.78, 5) is 3.53. The first-order valence-electron chi connectivity index (χ1n) is 2.95. The van der Waals surface area contributed by atoms with Crippen molar-refractivity contribution < 1.29 is 8.78 Å². The quantitative estimate of drug-likeness (QED) is 0.427. The second kappa shape index (κ2) is 6.13. The van der Waals surface area contributed by atoms with Crippen LogP contribution in [0, 0.1) is 0 Å². The van der Waals surface area contributed by atoms with Crippen molar-refractivity contribution in [1.82, 2.24) is 0 Å². The van der Waals surface area contributed by atoms with Gasteiger partial charge in [0, 0.05) is 12.3 Å². The van der Waals surface area contributed by atoms with Gasteiger partial charge in [0.1, 0.15) is 5.83 Å². The molecule has 0 aromatic carbocycles. The molecule has 0 N–H and O–H groups in total. The van der Waals surface area contributed by atoms with Gasteiger partial charge in [0.2, 0.25) is 0 Å². The third-order valence-electron chi connectivity index (χ3n) is 0.708. The van der Waals surface area contributed by atoms with Gasteiger partial charge in [0.05, 0.1) is 12.5 Å². The fourth-order valence-corrected chi connectivity index (χ4v) is 0.333. The molecule has 0 fully saturated rings. The van der Waals surface area contributed by atoms with Crippen LogP contribution in [0.2, 0.25) is 0 Å². The molecule has 0 rings (SSSR count). The molecule has 0 aliphatic heterocycles. The summed E-state index contributed by atoms with van der Waals surface area (Å²) in [6.07, 6.45) is 4.06. The summed E-state index contributed by atoms with van der Waals surface area (Å²) in [7, 11) is 0. The van der Waals surface area contributed by atoms with Crippen LogP contribution in [0.15, 0.2) is 29.4 Å². The molecule has 0 bridgehead atoms. The van der Waals surface area contributed by atoms with Crippen molar-refractivity contribution in [1.29, 1.82) is 0 Å². The highest BCUT2D eigenvalue weighted by Crippen LogP contribution is 1.97. The molecule has 0 atom stereocenters. The number of nitrogens with zero attached hydrogens (tertiary/aromatic N) is 1. The van der Waals surface area contributed by atoms with Crippen molar-refractivity contribution in [2.75, 3.05) is 0 Å². The molecule has 3 heteroatoms. The fourth-order valence-electron chi connectivity index (χ4n) is 0.333. The zero-order chi connectivity index (χ0) is 7.82. The minimum atomic E-state index is -0.688. The molecule has 0 aliphatic rings. The Morgan fingerprint density at radius 1 is 1.60 bits per heavy atom. The molecule has 0 aliphatic carbocycles. The van der Waals surface area contributed by atoms with Crippen LogP contribution in [-0.2, 0) is 0 Å². The van der Waals surface area contributed by atoms with Crippen LogP contribution < -0.4 is 0 Å². The Morgan fingerprint density at radius 2 is 2.30 bits per heavy atom. The zero-order valence-corrected chi connectivity index (χ0v) is 5.72. The molecule has 0 spiro atoms. The van der Waals surface area contributed by atoms with Gasteiger partial charge in [-0.2, -0.15) is 0 Å². The van der Waals surface area contributed by atoms with Crippen LogP contribution >= 0.6 is 0 Å². The van der Waals surface area contributed by atoms with E-state index in [4.69, 9.17) is 0 Å². The van der Waals surface area contributed by atoms with E-state index in [1.165, 1.54) is 6.21 Å². The van der Waals surface area contributed by atoms with Crippen LogP contribution in [0.4, 0.5) is 8.78 Å². The van der Waals surface area contributed by atoms with Crippen molar-refractivity contribution in [2.24, 2.45) is 4.99 Å². The van der Waals surface area contributed by atoms with E-state index in [2.05, 4.69) is 4.99 Å². The first-order chi connectivity index (χ1) is 4.81. The molecule has 0 saturated heterocycles. The Morgan fingerprint density at radius 3 is 2.80 bits per heavy atom. The largest absolute Gasteiger partial charge is 0.266 e. The maximum absolute atomic E-state index is 12.1. The lowest BCUT2D eigenvalue weighted by atomic mass is 10.5. The van der Waals surface area contributed by atoms with E-state index >= 15 is 0 Å². The summed E-state index contributed by atoms with van der Waals surface area (Å²) < 4.78 is 23.4. The van der Waals surface area contributed by atoms with Gasteiger partial charge in [-0.3, -0.25) is 4.99 Å². The molecule has 0 saturated carbocycles. The Hall–Kier alpha value is -0.990. The number of hydrogen-bond donors (Lipinski definition) is 0. The third-order valence-corrected chi connectivity index (χ3v) is 0.708. The highest BCUT2D eigenvalue weighted by molar-refractivity contribution is 5.57. The number of aliphatic imine (C=N–C) groups is 1. The Labute approximate surface area is 58.8 Å². The molecule has 0 aromatic heterocycles. The zero-order valence-electron chi connectivity index (χ0n) is 5.72. The minimum absolute atomic E-state index is 0.132. The van der Waals surface area contributed by atoms with Crippen LogP contribution in [-0.4, -0.2) is 6.21 Å². The summed E-state index contributed by atoms with van der Waals surface area (Å²) in [6, 6.07) is 0. The molecule has 56 valence electrons. The van der Waals surface area contributed by atoms with Crippen molar-refractivity contribution in [3.8, 4) is 0 Å². The lowest BCUT2D eigenvalue weighted by molar-refractivity contribution is 0.649. The van der Waals surface area contributed by atoms with Crippen molar-refractivity contribution >= 4 is 6.21 Å². The summed E-state index contributed by atoms with van der Waals surface area (Å²) in [5, 5.41) is 0. The molecule has 0 aromatic rings. The lowest BCUT2D eigenvalue weighted by Crippen LogP contribution is -1.66. The highest BCUT2D eigenvalue weighted by atomic mass is 19.1. The van der Waals surface area contributed by atoms with Gasteiger partial charge < -0.3 is 0 Å². The Kier molecular flexibility index (Phi) is 5.53. The van der Waals surface area contributed by atoms with Gasteiger partial charge >= 0.3 is 0 Å². The molecule has 0 unspecified atom stereocenters. The van der Waals surface area contributed by atoms with E-state index < -0.39 is 5.83 Å². The summed E-state index contributed by atoms with van der Waals surface area (Å²) in [5.74, 6) is -0.688. The van der Waals surface area contributed by atoms with E-state index in [-0.39, 0.29) is 6.33 Å². The second-order valence-electron chi connectivity index (χ2n) is 1.55. The van der Waals surface area contributed by atoms with Crippen LogP contribution in [0.5, 0.6) is 0 Å². The monoisotopic (exact) mass is 145 g/mol.